The maximum atomic E-state index is 12.2. The summed E-state index contributed by atoms with van der Waals surface area (Å²) in [6, 6.07) is 4.54. The van der Waals surface area contributed by atoms with E-state index in [9.17, 15) is 8.42 Å². The third-order valence-corrected chi connectivity index (χ3v) is 5.73. The Balaban J connectivity index is 2.95. The summed E-state index contributed by atoms with van der Waals surface area (Å²) in [6.07, 6.45) is 0.603. The molecule has 1 aromatic carbocycles. The molecule has 0 aliphatic carbocycles. The summed E-state index contributed by atoms with van der Waals surface area (Å²) < 4.78 is 26.3. The van der Waals surface area contributed by atoms with Crippen molar-refractivity contribution in [3.8, 4) is 0 Å². The van der Waals surface area contributed by atoms with E-state index in [0.29, 0.717) is 22.5 Å². The summed E-state index contributed by atoms with van der Waals surface area (Å²) in [4.78, 5) is 0.212. The zero-order valence-corrected chi connectivity index (χ0v) is 13.9. The molecule has 0 aliphatic heterocycles. The quantitative estimate of drug-likeness (QED) is 0.736. The molecule has 18 heavy (non-hydrogen) atoms. The average Bonchev–Trinajstić information content (AvgIpc) is 2.29. The Bertz CT molecular complexity index is 520. The standard InChI is InChI=1S/C11H14BrCl2NO2S/c1-8(13)5-6-15(2)18(16,17)9-3-4-11(14)10(12)7-9/h3-4,7-8H,5-6H2,1-2H3. The van der Waals surface area contributed by atoms with E-state index in [1.54, 1.807) is 6.07 Å². The molecule has 0 amide bonds. The van der Waals surface area contributed by atoms with Crippen LogP contribution in [0, 0.1) is 0 Å². The van der Waals surface area contributed by atoms with Gasteiger partial charge in [0, 0.05) is 23.4 Å². The molecule has 7 heteroatoms. The lowest BCUT2D eigenvalue weighted by atomic mass is 10.3. The van der Waals surface area contributed by atoms with E-state index in [0.717, 1.165) is 0 Å². The van der Waals surface area contributed by atoms with Crippen LogP contribution in [-0.4, -0.2) is 31.7 Å². The van der Waals surface area contributed by atoms with Gasteiger partial charge in [-0.25, -0.2) is 12.7 Å². The maximum absolute atomic E-state index is 12.2. The molecule has 0 radical (unpaired) electrons. The molecule has 0 aromatic heterocycles. The average molecular weight is 375 g/mol. The van der Waals surface area contributed by atoms with Crippen LogP contribution in [-0.2, 0) is 10.0 Å². The van der Waals surface area contributed by atoms with Crippen LogP contribution in [0.3, 0.4) is 0 Å². The third kappa shape index (κ3) is 4.10. The smallest absolute Gasteiger partial charge is 0.207 e. The van der Waals surface area contributed by atoms with Crippen LogP contribution >= 0.6 is 39.1 Å². The minimum absolute atomic E-state index is 0.0559. The molecule has 0 N–H and O–H groups in total. The molecule has 0 saturated heterocycles. The maximum Gasteiger partial charge on any atom is 0.242 e. The van der Waals surface area contributed by atoms with Crippen molar-refractivity contribution in [2.24, 2.45) is 0 Å². The van der Waals surface area contributed by atoms with Gasteiger partial charge in [-0.15, -0.1) is 11.6 Å². The minimum Gasteiger partial charge on any atom is -0.207 e. The van der Waals surface area contributed by atoms with Crippen LogP contribution in [0.1, 0.15) is 13.3 Å². The van der Waals surface area contributed by atoms with Gasteiger partial charge in [-0.05, 0) is 47.5 Å². The molecule has 1 aromatic rings. The minimum atomic E-state index is -3.49. The topological polar surface area (TPSA) is 37.4 Å². The van der Waals surface area contributed by atoms with E-state index in [4.69, 9.17) is 23.2 Å². The number of benzene rings is 1. The number of halogens is 3. The summed E-state index contributed by atoms with van der Waals surface area (Å²) in [5.74, 6) is 0. The van der Waals surface area contributed by atoms with E-state index < -0.39 is 10.0 Å². The Labute approximate surface area is 126 Å². The zero-order valence-electron chi connectivity index (χ0n) is 10.0. The number of alkyl halides is 1. The van der Waals surface area contributed by atoms with Crippen molar-refractivity contribution in [3.63, 3.8) is 0 Å². The van der Waals surface area contributed by atoms with Gasteiger partial charge in [0.15, 0.2) is 0 Å². The van der Waals surface area contributed by atoms with Crippen LogP contribution in [0.2, 0.25) is 5.02 Å². The van der Waals surface area contributed by atoms with E-state index in [1.807, 2.05) is 6.92 Å². The Hall–Kier alpha value is 0.190. The lowest BCUT2D eigenvalue weighted by Crippen LogP contribution is -2.29. The Morgan fingerprint density at radius 3 is 2.56 bits per heavy atom. The first-order chi connectivity index (χ1) is 8.25. The largest absolute Gasteiger partial charge is 0.242 e. The molecule has 1 unspecified atom stereocenters. The molecule has 0 heterocycles. The second-order valence-electron chi connectivity index (χ2n) is 3.97. The molecule has 0 fully saturated rings. The van der Waals surface area contributed by atoms with Crippen molar-refractivity contribution in [1.82, 2.24) is 4.31 Å². The molecule has 3 nitrogen and oxygen atoms in total. The Morgan fingerprint density at radius 1 is 1.44 bits per heavy atom. The summed E-state index contributed by atoms with van der Waals surface area (Å²) in [6.45, 7) is 2.22. The van der Waals surface area contributed by atoms with E-state index in [2.05, 4.69) is 15.9 Å². The van der Waals surface area contributed by atoms with Crippen molar-refractivity contribution in [1.29, 1.82) is 0 Å². The molecular formula is C11H14BrCl2NO2S. The predicted molar refractivity (Wildman–Crippen MR) is 78.9 cm³/mol. The third-order valence-electron chi connectivity index (χ3n) is 2.44. The second-order valence-corrected chi connectivity index (χ2v) is 8.02. The van der Waals surface area contributed by atoms with Gasteiger partial charge in [0.05, 0.1) is 9.92 Å². The zero-order chi connectivity index (χ0) is 13.9. The normalized spacial score (nSPS) is 13.9. The molecular weight excluding hydrogens is 361 g/mol. The SMILES string of the molecule is CC(Cl)CCN(C)S(=O)(=O)c1ccc(Cl)c(Br)c1. The number of sulfonamides is 1. The van der Waals surface area contributed by atoms with E-state index in [1.165, 1.54) is 23.5 Å². The van der Waals surface area contributed by atoms with E-state index >= 15 is 0 Å². The van der Waals surface area contributed by atoms with Crippen LogP contribution in [0.25, 0.3) is 0 Å². The van der Waals surface area contributed by atoms with Gasteiger partial charge in [-0.3, -0.25) is 0 Å². The lowest BCUT2D eigenvalue weighted by Gasteiger charge is -2.18. The molecule has 1 rings (SSSR count). The number of hydrogen-bond acceptors (Lipinski definition) is 2. The van der Waals surface area contributed by atoms with Gasteiger partial charge in [-0.1, -0.05) is 11.6 Å². The highest BCUT2D eigenvalue weighted by atomic mass is 79.9. The van der Waals surface area contributed by atoms with Gasteiger partial charge >= 0.3 is 0 Å². The highest BCUT2D eigenvalue weighted by Crippen LogP contribution is 2.26. The summed E-state index contributed by atoms with van der Waals surface area (Å²) in [5, 5.41) is 0.422. The molecule has 0 spiro atoms. The highest BCUT2D eigenvalue weighted by molar-refractivity contribution is 9.10. The number of rotatable bonds is 5. The Kier molecular flexibility index (Phi) is 5.93. The fraction of sp³-hybridized carbons (Fsp3) is 0.455. The monoisotopic (exact) mass is 373 g/mol. The van der Waals surface area contributed by atoms with Gasteiger partial charge in [0.25, 0.3) is 0 Å². The second kappa shape index (κ2) is 6.57. The van der Waals surface area contributed by atoms with Crippen molar-refractivity contribution >= 4 is 49.2 Å². The van der Waals surface area contributed by atoms with Crippen molar-refractivity contribution in [2.75, 3.05) is 13.6 Å². The Morgan fingerprint density at radius 2 is 2.06 bits per heavy atom. The molecule has 0 bridgehead atoms. The molecule has 0 saturated carbocycles. The van der Waals surface area contributed by atoms with Crippen molar-refractivity contribution in [2.45, 2.75) is 23.6 Å². The van der Waals surface area contributed by atoms with Crippen molar-refractivity contribution in [3.05, 3.63) is 27.7 Å². The summed E-state index contributed by atoms with van der Waals surface area (Å²) >= 11 is 14.9. The first-order valence-electron chi connectivity index (χ1n) is 5.30. The molecule has 102 valence electrons. The van der Waals surface area contributed by atoms with E-state index in [-0.39, 0.29) is 10.3 Å². The van der Waals surface area contributed by atoms with Gasteiger partial charge < -0.3 is 0 Å². The number of nitrogens with zero attached hydrogens (tertiary/aromatic N) is 1. The first-order valence-corrected chi connectivity index (χ1v) is 8.35. The fourth-order valence-corrected chi connectivity index (χ4v) is 3.26. The predicted octanol–water partition coefficient (Wildman–Crippen LogP) is 3.74. The highest BCUT2D eigenvalue weighted by Gasteiger charge is 2.21. The summed E-state index contributed by atoms with van der Waals surface area (Å²) in [7, 11) is -1.95. The van der Waals surface area contributed by atoms with Crippen molar-refractivity contribution < 1.29 is 8.42 Å². The van der Waals surface area contributed by atoms with Gasteiger partial charge in [0.1, 0.15) is 0 Å². The van der Waals surface area contributed by atoms with Crippen LogP contribution in [0.4, 0.5) is 0 Å². The van der Waals surface area contributed by atoms with Crippen LogP contribution in [0.15, 0.2) is 27.6 Å². The molecule has 0 aliphatic rings. The summed E-state index contributed by atoms with van der Waals surface area (Å²) in [5.41, 5.74) is 0. The lowest BCUT2D eigenvalue weighted by molar-refractivity contribution is 0.460. The van der Waals surface area contributed by atoms with Gasteiger partial charge in [-0.2, -0.15) is 0 Å². The molecule has 1 atom stereocenters. The number of hydrogen-bond donors (Lipinski definition) is 0. The van der Waals surface area contributed by atoms with Crippen LogP contribution < -0.4 is 0 Å². The van der Waals surface area contributed by atoms with Crippen LogP contribution in [0.5, 0.6) is 0 Å². The fourth-order valence-electron chi connectivity index (χ4n) is 1.30. The van der Waals surface area contributed by atoms with Gasteiger partial charge in [0.2, 0.25) is 10.0 Å². The first kappa shape index (κ1) is 16.2.